The minimum absolute atomic E-state index is 0.137. The monoisotopic (exact) mass is 248 g/mol. The second kappa shape index (κ2) is 5.87. The molecule has 1 aromatic carbocycles. The molecule has 1 aliphatic rings. The van der Waals surface area contributed by atoms with Crippen molar-refractivity contribution in [2.75, 3.05) is 38.2 Å². The van der Waals surface area contributed by atoms with Gasteiger partial charge in [-0.05, 0) is 25.5 Å². The molecular formula is C14H20N2O2. The molecule has 0 radical (unpaired) electrons. The third-order valence-corrected chi connectivity index (χ3v) is 3.18. The minimum Gasteiger partial charge on any atom is -0.378 e. The van der Waals surface area contributed by atoms with Gasteiger partial charge in [-0.25, -0.2) is 0 Å². The fourth-order valence-corrected chi connectivity index (χ4v) is 2.11. The topological polar surface area (TPSA) is 41.6 Å². The van der Waals surface area contributed by atoms with Crippen LogP contribution in [-0.4, -0.2) is 43.7 Å². The number of amides is 1. The quantitative estimate of drug-likeness (QED) is 0.883. The Hall–Kier alpha value is -1.55. The summed E-state index contributed by atoms with van der Waals surface area (Å²) in [5.74, 6) is 0.137. The largest absolute Gasteiger partial charge is 0.378 e. The number of benzene rings is 1. The average Bonchev–Trinajstić information content (AvgIpc) is 2.38. The van der Waals surface area contributed by atoms with Crippen molar-refractivity contribution in [2.45, 2.75) is 13.8 Å². The fraction of sp³-hybridized carbons (Fsp3) is 0.500. The SMILES string of the molecule is Cc1ccc(NCC(=O)N2CCOCC2)c(C)c1. The van der Waals surface area contributed by atoms with Gasteiger partial charge in [0, 0.05) is 18.8 Å². The van der Waals surface area contributed by atoms with Gasteiger partial charge in [0.05, 0.1) is 19.8 Å². The summed E-state index contributed by atoms with van der Waals surface area (Å²) in [6.45, 7) is 7.17. The Bertz CT molecular complexity index is 426. The van der Waals surface area contributed by atoms with Crippen molar-refractivity contribution in [1.29, 1.82) is 0 Å². The molecule has 98 valence electrons. The van der Waals surface area contributed by atoms with Crippen LogP contribution in [0.2, 0.25) is 0 Å². The van der Waals surface area contributed by atoms with Gasteiger partial charge in [-0.15, -0.1) is 0 Å². The van der Waals surface area contributed by atoms with Crippen molar-refractivity contribution in [3.8, 4) is 0 Å². The van der Waals surface area contributed by atoms with Gasteiger partial charge in [0.2, 0.25) is 5.91 Å². The van der Waals surface area contributed by atoms with E-state index in [4.69, 9.17) is 4.74 Å². The van der Waals surface area contributed by atoms with Crippen LogP contribution in [0.1, 0.15) is 11.1 Å². The Morgan fingerprint density at radius 1 is 1.33 bits per heavy atom. The van der Waals surface area contributed by atoms with Crippen LogP contribution in [0.15, 0.2) is 18.2 Å². The summed E-state index contributed by atoms with van der Waals surface area (Å²) in [5.41, 5.74) is 3.43. The first-order chi connectivity index (χ1) is 8.66. The van der Waals surface area contributed by atoms with Gasteiger partial charge in [-0.1, -0.05) is 17.7 Å². The lowest BCUT2D eigenvalue weighted by Gasteiger charge is -2.27. The highest BCUT2D eigenvalue weighted by molar-refractivity contribution is 5.81. The number of morpholine rings is 1. The summed E-state index contributed by atoms with van der Waals surface area (Å²) in [7, 11) is 0. The number of hydrogen-bond donors (Lipinski definition) is 1. The van der Waals surface area contributed by atoms with Gasteiger partial charge in [0.25, 0.3) is 0 Å². The number of hydrogen-bond acceptors (Lipinski definition) is 3. The summed E-state index contributed by atoms with van der Waals surface area (Å²) in [6, 6.07) is 6.19. The first-order valence-electron chi connectivity index (χ1n) is 6.33. The molecule has 1 N–H and O–H groups in total. The molecule has 1 aliphatic heterocycles. The molecule has 0 spiro atoms. The summed E-state index contributed by atoms with van der Waals surface area (Å²) in [5, 5.41) is 3.21. The van der Waals surface area contributed by atoms with E-state index in [2.05, 4.69) is 31.3 Å². The smallest absolute Gasteiger partial charge is 0.242 e. The van der Waals surface area contributed by atoms with E-state index in [9.17, 15) is 4.79 Å². The molecule has 0 aliphatic carbocycles. The zero-order chi connectivity index (χ0) is 13.0. The Morgan fingerprint density at radius 3 is 2.72 bits per heavy atom. The number of nitrogens with zero attached hydrogens (tertiary/aromatic N) is 1. The zero-order valence-corrected chi connectivity index (χ0v) is 11.0. The van der Waals surface area contributed by atoms with E-state index in [-0.39, 0.29) is 5.91 Å². The van der Waals surface area contributed by atoms with E-state index in [0.717, 1.165) is 5.69 Å². The van der Waals surface area contributed by atoms with Crippen LogP contribution in [0.4, 0.5) is 5.69 Å². The van der Waals surface area contributed by atoms with Crippen molar-refractivity contribution >= 4 is 11.6 Å². The van der Waals surface area contributed by atoms with Crippen LogP contribution < -0.4 is 5.32 Å². The summed E-state index contributed by atoms with van der Waals surface area (Å²) >= 11 is 0. The second-order valence-corrected chi connectivity index (χ2v) is 4.67. The van der Waals surface area contributed by atoms with Crippen LogP contribution in [0.25, 0.3) is 0 Å². The van der Waals surface area contributed by atoms with E-state index in [1.807, 2.05) is 11.0 Å². The van der Waals surface area contributed by atoms with Gasteiger partial charge < -0.3 is 15.0 Å². The van der Waals surface area contributed by atoms with E-state index < -0.39 is 0 Å². The first-order valence-corrected chi connectivity index (χ1v) is 6.33. The highest BCUT2D eigenvalue weighted by atomic mass is 16.5. The van der Waals surface area contributed by atoms with Crippen molar-refractivity contribution in [2.24, 2.45) is 0 Å². The number of ether oxygens (including phenoxy) is 1. The van der Waals surface area contributed by atoms with Crippen molar-refractivity contribution in [3.05, 3.63) is 29.3 Å². The molecule has 2 rings (SSSR count). The van der Waals surface area contributed by atoms with E-state index >= 15 is 0 Å². The molecule has 0 saturated carbocycles. The zero-order valence-electron chi connectivity index (χ0n) is 11.0. The summed E-state index contributed by atoms with van der Waals surface area (Å²) in [6.07, 6.45) is 0. The Balaban J connectivity index is 1.88. The molecule has 1 heterocycles. The molecule has 1 fully saturated rings. The lowest BCUT2D eigenvalue weighted by atomic mass is 10.1. The maximum atomic E-state index is 12.0. The third kappa shape index (κ3) is 3.23. The van der Waals surface area contributed by atoms with E-state index in [0.29, 0.717) is 32.8 Å². The van der Waals surface area contributed by atoms with Gasteiger partial charge >= 0.3 is 0 Å². The predicted octanol–water partition coefficient (Wildman–Crippen LogP) is 1.57. The van der Waals surface area contributed by atoms with Crippen LogP contribution in [0.5, 0.6) is 0 Å². The highest BCUT2D eigenvalue weighted by Gasteiger charge is 2.16. The van der Waals surface area contributed by atoms with Crippen LogP contribution >= 0.6 is 0 Å². The molecule has 4 heteroatoms. The van der Waals surface area contributed by atoms with Gasteiger partial charge in [0.15, 0.2) is 0 Å². The minimum atomic E-state index is 0.137. The molecular weight excluding hydrogens is 228 g/mol. The number of nitrogens with one attached hydrogen (secondary N) is 1. The van der Waals surface area contributed by atoms with Crippen molar-refractivity contribution in [3.63, 3.8) is 0 Å². The number of carbonyl (C=O) groups is 1. The molecule has 0 atom stereocenters. The molecule has 1 aromatic rings. The molecule has 0 aromatic heterocycles. The number of anilines is 1. The van der Waals surface area contributed by atoms with Crippen molar-refractivity contribution in [1.82, 2.24) is 4.90 Å². The molecule has 0 bridgehead atoms. The predicted molar refractivity (Wildman–Crippen MR) is 71.8 cm³/mol. The Kier molecular flexibility index (Phi) is 4.20. The van der Waals surface area contributed by atoms with Crippen molar-refractivity contribution < 1.29 is 9.53 Å². The number of rotatable bonds is 3. The highest BCUT2D eigenvalue weighted by Crippen LogP contribution is 2.15. The van der Waals surface area contributed by atoms with Crippen LogP contribution in [0, 0.1) is 13.8 Å². The lowest BCUT2D eigenvalue weighted by molar-refractivity contribution is -0.133. The fourth-order valence-electron chi connectivity index (χ4n) is 2.11. The second-order valence-electron chi connectivity index (χ2n) is 4.67. The standard InChI is InChI=1S/C14H20N2O2/c1-11-3-4-13(12(2)9-11)15-10-14(17)16-5-7-18-8-6-16/h3-4,9,15H,5-8,10H2,1-2H3. The molecule has 0 unspecified atom stereocenters. The Morgan fingerprint density at radius 2 is 2.06 bits per heavy atom. The maximum Gasteiger partial charge on any atom is 0.242 e. The van der Waals surface area contributed by atoms with Gasteiger partial charge in [-0.2, -0.15) is 0 Å². The molecule has 1 saturated heterocycles. The number of aryl methyl sites for hydroxylation is 2. The third-order valence-electron chi connectivity index (χ3n) is 3.18. The number of carbonyl (C=O) groups excluding carboxylic acids is 1. The average molecular weight is 248 g/mol. The summed E-state index contributed by atoms with van der Waals surface area (Å²) in [4.78, 5) is 13.8. The van der Waals surface area contributed by atoms with Crippen LogP contribution in [-0.2, 0) is 9.53 Å². The Labute approximate surface area is 108 Å². The van der Waals surface area contributed by atoms with E-state index in [1.54, 1.807) is 0 Å². The van der Waals surface area contributed by atoms with E-state index in [1.165, 1.54) is 11.1 Å². The van der Waals surface area contributed by atoms with Crippen LogP contribution in [0.3, 0.4) is 0 Å². The lowest BCUT2D eigenvalue weighted by Crippen LogP contribution is -2.43. The summed E-state index contributed by atoms with van der Waals surface area (Å²) < 4.78 is 5.23. The molecule has 1 amide bonds. The normalized spacial score (nSPS) is 15.6. The maximum absolute atomic E-state index is 12.0. The molecule has 4 nitrogen and oxygen atoms in total. The van der Waals surface area contributed by atoms with Gasteiger partial charge in [-0.3, -0.25) is 4.79 Å². The van der Waals surface area contributed by atoms with Gasteiger partial charge in [0.1, 0.15) is 0 Å². The first kappa shape index (κ1) is 12.9. The molecule has 18 heavy (non-hydrogen) atoms.